The Labute approximate surface area is 110 Å². The van der Waals surface area contributed by atoms with Crippen LogP contribution in [0.3, 0.4) is 0 Å². The lowest BCUT2D eigenvalue weighted by atomic mass is 10.2. The van der Waals surface area contributed by atoms with Crippen LogP contribution < -0.4 is 4.74 Å². The van der Waals surface area contributed by atoms with Crippen LogP contribution in [0.25, 0.3) is 11.4 Å². The summed E-state index contributed by atoms with van der Waals surface area (Å²) < 4.78 is 5.17. The number of carboxylic acids is 1. The topological polar surface area (TPSA) is 85.2 Å². The van der Waals surface area contributed by atoms with E-state index >= 15 is 0 Å². The molecule has 0 aliphatic heterocycles. The molecule has 2 rings (SSSR count). The SMILES string of the molecule is Cc1nc(-c2cccnc2)nc(OCC(=O)O)c1C. The minimum Gasteiger partial charge on any atom is -0.479 e. The summed E-state index contributed by atoms with van der Waals surface area (Å²) in [6.07, 6.45) is 3.30. The molecule has 1 N–H and O–H groups in total. The predicted octanol–water partition coefficient (Wildman–Crippen LogP) is 1.62. The highest BCUT2D eigenvalue weighted by Gasteiger charge is 2.12. The maximum atomic E-state index is 10.5. The van der Waals surface area contributed by atoms with Gasteiger partial charge in [-0.05, 0) is 26.0 Å². The molecule has 0 radical (unpaired) electrons. The lowest BCUT2D eigenvalue weighted by Crippen LogP contribution is -2.12. The molecule has 0 unspecified atom stereocenters. The van der Waals surface area contributed by atoms with E-state index in [1.54, 1.807) is 25.4 Å². The lowest BCUT2D eigenvalue weighted by molar-refractivity contribution is -0.139. The van der Waals surface area contributed by atoms with Gasteiger partial charge in [0.2, 0.25) is 5.88 Å². The van der Waals surface area contributed by atoms with Crippen LogP contribution in [0.5, 0.6) is 5.88 Å². The molecule has 2 aromatic rings. The third-order valence-corrected chi connectivity index (χ3v) is 2.60. The second-order valence-electron chi connectivity index (χ2n) is 3.99. The van der Waals surface area contributed by atoms with Crippen molar-refractivity contribution >= 4 is 5.97 Å². The number of rotatable bonds is 4. The van der Waals surface area contributed by atoms with E-state index in [2.05, 4.69) is 15.0 Å². The summed E-state index contributed by atoms with van der Waals surface area (Å²) in [5.41, 5.74) is 2.23. The molecule has 0 aromatic carbocycles. The van der Waals surface area contributed by atoms with Crippen LogP contribution in [0.4, 0.5) is 0 Å². The van der Waals surface area contributed by atoms with Crippen LogP contribution in [0.15, 0.2) is 24.5 Å². The van der Waals surface area contributed by atoms with Gasteiger partial charge in [0.05, 0.1) is 0 Å². The number of hydrogen-bond acceptors (Lipinski definition) is 5. The van der Waals surface area contributed by atoms with E-state index in [9.17, 15) is 4.79 Å². The Morgan fingerprint density at radius 1 is 1.37 bits per heavy atom. The van der Waals surface area contributed by atoms with E-state index < -0.39 is 12.6 Å². The number of aryl methyl sites for hydroxylation is 1. The molecule has 6 nitrogen and oxygen atoms in total. The molecular formula is C13H13N3O3. The Bertz CT molecular complexity index is 600. The van der Waals surface area contributed by atoms with E-state index in [1.807, 2.05) is 13.0 Å². The van der Waals surface area contributed by atoms with Crippen molar-refractivity contribution < 1.29 is 14.6 Å². The van der Waals surface area contributed by atoms with Crippen molar-refractivity contribution in [2.45, 2.75) is 13.8 Å². The Hall–Kier alpha value is -2.50. The summed E-state index contributed by atoms with van der Waals surface area (Å²) in [7, 11) is 0. The molecule has 0 atom stereocenters. The number of aliphatic carboxylic acids is 1. The van der Waals surface area contributed by atoms with E-state index in [-0.39, 0.29) is 5.88 Å². The molecule has 6 heteroatoms. The highest BCUT2D eigenvalue weighted by Crippen LogP contribution is 2.22. The minimum absolute atomic E-state index is 0.286. The van der Waals surface area contributed by atoms with Gasteiger partial charge in [0.15, 0.2) is 12.4 Å². The quantitative estimate of drug-likeness (QED) is 0.898. The second kappa shape index (κ2) is 5.43. The molecule has 0 saturated carbocycles. The van der Waals surface area contributed by atoms with Gasteiger partial charge in [-0.1, -0.05) is 0 Å². The number of carboxylic acid groups (broad SMARTS) is 1. The van der Waals surface area contributed by atoms with Gasteiger partial charge in [-0.3, -0.25) is 4.98 Å². The second-order valence-corrected chi connectivity index (χ2v) is 3.99. The van der Waals surface area contributed by atoms with Crippen LogP contribution >= 0.6 is 0 Å². The summed E-state index contributed by atoms with van der Waals surface area (Å²) >= 11 is 0. The summed E-state index contributed by atoms with van der Waals surface area (Å²) in [6, 6.07) is 3.61. The molecule has 0 amide bonds. The third-order valence-electron chi connectivity index (χ3n) is 2.60. The Morgan fingerprint density at radius 3 is 2.79 bits per heavy atom. The van der Waals surface area contributed by atoms with Crippen molar-refractivity contribution in [3.05, 3.63) is 35.8 Å². The summed E-state index contributed by atoms with van der Waals surface area (Å²) in [6.45, 7) is 3.19. The Kier molecular flexibility index (Phi) is 3.70. The van der Waals surface area contributed by atoms with Crippen molar-refractivity contribution in [2.75, 3.05) is 6.61 Å². The minimum atomic E-state index is -1.04. The molecule has 0 fully saturated rings. The smallest absolute Gasteiger partial charge is 0.341 e. The zero-order valence-electron chi connectivity index (χ0n) is 10.6. The maximum Gasteiger partial charge on any atom is 0.341 e. The Morgan fingerprint density at radius 2 is 2.16 bits per heavy atom. The Balaban J connectivity index is 2.39. The molecule has 0 spiro atoms. The number of nitrogens with zero attached hydrogens (tertiary/aromatic N) is 3. The average Bonchev–Trinajstić information content (AvgIpc) is 2.41. The fourth-order valence-electron chi connectivity index (χ4n) is 1.50. The van der Waals surface area contributed by atoms with Crippen LogP contribution in [-0.4, -0.2) is 32.6 Å². The summed E-state index contributed by atoms with van der Waals surface area (Å²) in [5, 5.41) is 8.64. The molecule has 0 saturated heterocycles. The van der Waals surface area contributed by atoms with E-state index in [0.717, 1.165) is 16.8 Å². The van der Waals surface area contributed by atoms with Gasteiger partial charge < -0.3 is 9.84 Å². The van der Waals surface area contributed by atoms with Crippen molar-refractivity contribution in [1.82, 2.24) is 15.0 Å². The van der Waals surface area contributed by atoms with Gasteiger partial charge in [-0.25, -0.2) is 9.78 Å². The first-order chi connectivity index (χ1) is 9.08. The van der Waals surface area contributed by atoms with Gasteiger partial charge in [0.25, 0.3) is 0 Å². The van der Waals surface area contributed by atoms with E-state index in [4.69, 9.17) is 9.84 Å². The van der Waals surface area contributed by atoms with Crippen molar-refractivity contribution in [1.29, 1.82) is 0 Å². The summed E-state index contributed by atoms with van der Waals surface area (Å²) in [4.78, 5) is 23.1. The highest BCUT2D eigenvalue weighted by molar-refractivity contribution is 5.68. The first-order valence-corrected chi connectivity index (χ1v) is 5.68. The van der Waals surface area contributed by atoms with E-state index in [0.29, 0.717) is 5.82 Å². The molecule has 2 heterocycles. The zero-order valence-corrected chi connectivity index (χ0v) is 10.6. The maximum absolute atomic E-state index is 10.5. The van der Waals surface area contributed by atoms with Crippen LogP contribution in [0.2, 0.25) is 0 Å². The monoisotopic (exact) mass is 259 g/mol. The largest absolute Gasteiger partial charge is 0.479 e. The first kappa shape index (κ1) is 12.9. The first-order valence-electron chi connectivity index (χ1n) is 5.68. The van der Waals surface area contributed by atoms with Crippen LogP contribution in [-0.2, 0) is 4.79 Å². The number of carbonyl (C=O) groups is 1. The lowest BCUT2D eigenvalue weighted by Gasteiger charge is -2.10. The van der Waals surface area contributed by atoms with Crippen LogP contribution in [0.1, 0.15) is 11.3 Å². The molecule has 0 bridgehead atoms. The average molecular weight is 259 g/mol. The van der Waals surface area contributed by atoms with Gasteiger partial charge in [0.1, 0.15) is 0 Å². The number of ether oxygens (including phenoxy) is 1. The molecule has 0 aliphatic rings. The third kappa shape index (κ3) is 3.04. The zero-order chi connectivity index (χ0) is 13.8. The fourth-order valence-corrected chi connectivity index (χ4v) is 1.50. The van der Waals surface area contributed by atoms with E-state index in [1.165, 1.54) is 0 Å². The van der Waals surface area contributed by atoms with Crippen molar-refractivity contribution in [3.63, 3.8) is 0 Å². The molecule has 98 valence electrons. The van der Waals surface area contributed by atoms with Crippen molar-refractivity contribution in [2.24, 2.45) is 0 Å². The number of hydrogen-bond donors (Lipinski definition) is 1. The van der Waals surface area contributed by atoms with Gasteiger partial charge >= 0.3 is 5.97 Å². The predicted molar refractivity (Wildman–Crippen MR) is 67.9 cm³/mol. The number of aromatic nitrogens is 3. The summed E-state index contributed by atoms with van der Waals surface area (Å²) in [5.74, 6) is -0.288. The fraction of sp³-hybridized carbons (Fsp3) is 0.231. The molecule has 19 heavy (non-hydrogen) atoms. The molecule has 2 aromatic heterocycles. The van der Waals surface area contributed by atoms with Crippen molar-refractivity contribution in [3.8, 4) is 17.3 Å². The highest BCUT2D eigenvalue weighted by atomic mass is 16.5. The molecular weight excluding hydrogens is 246 g/mol. The van der Waals surface area contributed by atoms with Gasteiger partial charge in [-0.15, -0.1) is 0 Å². The van der Waals surface area contributed by atoms with Gasteiger partial charge in [0, 0.05) is 29.2 Å². The number of pyridine rings is 1. The molecule has 0 aliphatic carbocycles. The van der Waals surface area contributed by atoms with Gasteiger partial charge in [-0.2, -0.15) is 4.98 Å². The standard InChI is InChI=1S/C13H13N3O3/c1-8-9(2)15-12(10-4-3-5-14-6-10)16-13(8)19-7-11(17)18/h3-6H,7H2,1-2H3,(H,17,18). The normalized spacial score (nSPS) is 10.2. The van der Waals surface area contributed by atoms with Crippen LogP contribution in [0, 0.1) is 13.8 Å².